The Morgan fingerprint density at radius 1 is 1.28 bits per heavy atom. The Kier molecular flexibility index (Phi) is 4.41. The number of anilines is 1. The SMILES string of the molecule is C[C@@H]1CN(c2nc3ccccc3c(=O)[nH]2)CCN1C(=O)OC(C)(C)C. The van der Waals surface area contributed by atoms with Crippen molar-refractivity contribution in [2.45, 2.75) is 39.3 Å². The molecule has 1 aromatic carbocycles. The van der Waals surface area contributed by atoms with E-state index in [1.807, 2.05) is 50.8 Å². The minimum Gasteiger partial charge on any atom is -0.444 e. The Bertz CT molecular complexity index is 840. The van der Waals surface area contributed by atoms with Crippen molar-refractivity contribution in [3.63, 3.8) is 0 Å². The number of aromatic nitrogens is 2. The molecule has 3 rings (SSSR count). The molecule has 1 saturated heterocycles. The number of ether oxygens (including phenoxy) is 1. The van der Waals surface area contributed by atoms with E-state index >= 15 is 0 Å². The van der Waals surface area contributed by atoms with Gasteiger partial charge in [-0.25, -0.2) is 9.78 Å². The van der Waals surface area contributed by atoms with Gasteiger partial charge >= 0.3 is 6.09 Å². The van der Waals surface area contributed by atoms with Gasteiger partial charge in [-0.1, -0.05) is 12.1 Å². The summed E-state index contributed by atoms with van der Waals surface area (Å²) in [6, 6.07) is 7.23. The molecule has 0 spiro atoms. The lowest BCUT2D eigenvalue weighted by molar-refractivity contribution is 0.0158. The van der Waals surface area contributed by atoms with Gasteiger partial charge in [0.1, 0.15) is 5.60 Å². The molecule has 0 bridgehead atoms. The van der Waals surface area contributed by atoms with Gasteiger partial charge in [-0.3, -0.25) is 9.78 Å². The van der Waals surface area contributed by atoms with Crippen LogP contribution in [-0.4, -0.2) is 52.2 Å². The molecular weight excluding hydrogens is 320 g/mol. The second-order valence-corrected chi connectivity index (χ2v) is 7.38. The number of H-pyrrole nitrogens is 1. The Balaban J connectivity index is 1.77. The van der Waals surface area contributed by atoms with E-state index < -0.39 is 5.60 Å². The zero-order valence-electron chi connectivity index (χ0n) is 15.1. The van der Waals surface area contributed by atoms with Crippen LogP contribution in [-0.2, 0) is 4.74 Å². The fourth-order valence-corrected chi connectivity index (χ4v) is 2.97. The molecule has 2 aromatic rings. The van der Waals surface area contributed by atoms with E-state index in [1.54, 1.807) is 11.0 Å². The van der Waals surface area contributed by atoms with Crippen LogP contribution < -0.4 is 10.5 Å². The summed E-state index contributed by atoms with van der Waals surface area (Å²) in [6.07, 6.45) is -0.306. The molecule has 1 aliphatic heterocycles. The van der Waals surface area contributed by atoms with Crippen molar-refractivity contribution in [3.8, 4) is 0 Å². The largest absolute Gasteiger partial charge is 0.444 e. The molecule has 2 heterocycles. The third kappa shape index (κ3) is 3.75. The van der Waals surface area contributed by atoms with Gasteiger partial charge < -0.3 is 14.5 Å². The highest BCUT2D eigenvalue weighted by Crippen LogP contribution is 2.19. The fraction of sp³-hybridized carbons (Fsp3) is 0.500. The molecule has 1 aromatic heterocycles. The van der Waals surface area contributed by atoms with Crippen molar-refractivity contribution in [3.05, 3.63) is 34.6 Å². The van der Waals surface area contributed by atoms with Crippen molar-refractivity contribution in [1.82, 2.24) is 14.9 Å². The number of carbonyl (C=O) groups is 1. The number of carbonyl (C=O) groups excluding carboxylic acids is 1. The van der Waals surface area contributed by atoms with Crippen molar-refractivity contribution in [1.29, 1.82) is 0 Å². The molecule has 25 heavy (non-hydrogen) atoms. The van der Waals surface area contributed by atoms with Gasteiger partial charge in [0.25, 0.3) is 5.56 Å². The van der Waals surface area contributed by atoms with Crippen LogP contribution in [0.4, 0.5) is 10.7 Å². The quantitative estimate of drug-likeness (QED) is 0.859. The van der Waals surface area contributed by atoms with Crippen LogP contribution in [0.15, 0.2) is 29.1 Å². The van der Waals surface area contributed by atoms with Crippen molar-refractivity contribution < 1.29 is 9.53 Å². The lowest BCUT2D eigenvalue weighted by Gasteiger charge is -2.40. The van der Waals surface area contributed by atoms with Crippen LogP contribution in [0.1, 0.15) is 27.7 Å². The molecular formula is C18H24N4O3. The first-order chi connectivity index (χ1) is 11.7. The second-order valence-electron chi connectivity index (χ2n) is 7.38. The zero-order valence-corrected chi connectivity index (χ0v) is 15.1. The standard InChI is InChI=1S/C18H24N4O3/c1-12-11-21(9-10-22(12)17(24)25-18(2,3)4)16-19-14-8-6-5-7-13(14)15(23)20-16/h5-8,12H,9-11H2,1-4H3,(H,19,20,23)/t12-/m1/s1. The van der Waals surface area contributed by atoms with E-state index in [2.05, 4.69) is 9.97 Å². The molecule has 1 amide bonds. The monoisotopic (exact) mass is 344 g/mol. The van der Waals surface area contributed by atoms with Crippen LogP contribution in [0.25, 0.3) is 10.9 Å². The topological polar surface area (TPSA) is 78.5 Å². The smallest absolute Gasteiger partial charge is 0.410 e. The van der Waals surface area contributed by atoms with Gasteiger partial charge in [-0.05, 0) is 39.8 Å². The highest BCUT2D eigenvalue weighted by Gasteiger charge is 2.31. The van der Waals surface area contributed by atoms with E-state index in [4.69, 9.17) is 4.74 Å². The molecule has 7 heteroatoms. The summed E-state index contributed by atoms with van der Waals surface area (Å²) in [5.41, 5.74) is 0.00492. The van der Waals surface area contributed by atoms with E-state index in [-0.39, 0.29) is 17.7 Å². The number of nitrogens with one attached hydrogen (secondary N) is 1. The first-order valence-corrected chi connectivity index (χ1v) is 8.48. The normalized spacial score (nSPS) is 18.5. The number of rotatable bonds is 1. The number of amides is 1. The Morgan fingerprint density at radius 2 is 2.00 bits per heavy atom. The third-order valence-electron chi connectivity index (χ3n) is 4.16. The fourth-order valence-electron chi connectivity index (χ4n) is 2.97. The van der Waals surface area contributed by atoms with Gasteiger partial charge in [0.15, 0.2) is 0 Å². The molecule has 0 aliphatic carbocycles. The van der Waals surface area contributed by atoms with E-state index in [1.165, 1.54) is 0 Å². The van der Waals surface area contributed by atoms with Crippen LogP contribution >= 0.6 is 0 Å². The number of nitrogens with zero attached hydrogens (tertiary/aromatic N) is 3. The number of para-hydroxylation sites is 1. The van der Waals surface area contributed by atoms with E-state index in [0.717, 1.165) is 0 Å². The maximum atomic E-state index is 12.3. The summed E-state index contributed by atoms with van der Waals surface area (Å²) in [5.74, 6) is 0.541. The highest BCUT2D eigenvalue weighted by atomic mass is 16.6. The summed E-state index contributed by atoms with van der Waals surface area (Å²) in [4.78, 5) is 35.7. The maximum absolute atomic E-state index is 12.3. The zero-order chi connectivity index (χ0) is 18.2. The van der Waals surface area contributed by atoms with Crippen molar-refractivity contribution >= 4 is 22.9 Å². The van der Waals surface area contributed by atoms with Crippen LogP contribution in [0.5, 0.6) is 0 Å². The van der Waals surface area contributed by atoms with Gasteiger partial charge in [-0.2, -0.15) is 0 Å². The summed E-state index contributed by atoms with van der Waals surface area (Å²) >= 11 is 0. The number of benzene rings is 1. The number of piperazine rings is 1. The predicted octanol–water partition coefficient (Wildman–Crippen LogP) is 2.37. The molecule has 134 valence electrons. The van der Waals surface area contributed by atoms with Gasteiger partial charge in [0, 0.05) is 25.7 Å². The molecule has 1 N–H and O–H groups in total. The van der Waals surface area contributed by atoms with Crippen LogP contribution in [0.3, 0.4) is 0 Å². The second kappa shape index (κ2) is 6.38. The molecule has 0 unspecified atom stereocenters. The predicted molar refractivity (Wildman–Crippen MR) is 97.0 cm³/mol. The van der Waals surface area contributed by atoms with Gasteiger partial charge in [0.2, 0.25) is 5.95 Å². The number of hydrogen-bond donors (Lipinski definition) is 1. The summed E-state index contributed by atoms with van der Waals surface area (Å²) in [6.45, 7) is 9.23. The van der Waals surface area contributed by atoms with E-state index in [9.17, 15) is 9.59 Å². The summed E-state index contributed by atoms with van der Waals surface area (Å²) in [5, 5.41) is 0.576. The lowest BCUT2D eigenvalue weighted by Crippen LogP contribution is -2.55. The first-order valence-electron chi connectivity index (χ1n) is 8.48. The molecule has 1 aliphatic rings. The van der Waals surface area contributed by atoms with Crippen LogP contribution in [0, 0.1) is 0 Å². The molecule has 1 fully saturated rings. The average molecular weight is 344 g/mol. The Hall–Kier alpha value is -2.57. The van der Waals surface area contributed by atoms with E-state index in [0.29, 0.717) is 36.5 Å². The first kappa shape index (κ1) is 17.3. The van der Waals surface area contributed by atoms with Crippen molar-refractivity contribution in [2.75, 3.05) is 24.5 Å². The number of aromatic amines is 1. The minimum atomic E-state index is -0.515. The molecule has 7 nitrogen and oxygen atoms in total. The highest BCUT2D eigenvalue weighted by molar-refractivity contribution is 5.78. The maximum Gasteiger partial charge on any atom is 0.410 e. The molecule has 0 radical (unpaired) electrons. The number of fused-ring (bicyclic) bond motifs is 1. The minimum absolute atomic E-state index is 0.0413. The molecule has 0 saturated carbocycles. The average Bonchev–Trinajstić information content (AvgIpc) is 2.53. The molecule has 1 atom stereocenters. The van der Waals surface area contributed by atoms with Gasteiger partial charge in [-0.15, -0.1) is 0 Å². The summed E-state index contributed by atoms with van der Waals surface area (Å²) in [7, 11) is 0. The summed E-state index contributed by atoms with van der Waals surface area (Å²) < 4.78 is 5.46. The third-order valence-corrected chi connectivity index (χ3v) is 4.16. The Labute approximate surface area is 146 Å². The van der Waals surface area contributed by atoms with Crippen LogP contribution in [0.2, 0.25) is 0 Å². The lowest BCUT2D eigenvalue weighted by atomic mass is 10.2. The Morgan fingerprint density at radius 3 is 2.68 bits per heavy atom. The van der Waals surface area contributed by atoms with Crippen molar-refractivity contribution in [2.24, 2.45) is 0 Å². The number of hydrogen-bond acceptors (Lipinski definition) is 5. The van der Waals surface area contributed by atoms with Gasteiger partial charge in [0.05, 0.1) is 10.9 Å².